The Bertz CT molecular complexity index is 1330. The summed E-state index contributed by atoms with van der Waals surface area (Å²) in [6.45, 7) is 5.74. The molecule has 5 rings (SSSR count). The normalized spacial score (nSPS) is 19.8. The summed E-state index contributed by atoms with van der Waals surface area (Å²) in [5.74, 6) is 0.495. The Morgan fingerprint density at radius 1 is 0.946 bits per heavy atom. The Hall–Kier alpha value is -3.26. The lowest BCUT2D eigenvalue weighted by molar-refractivity contribution is -0.137. The van der Waals surface area contributed by atoms with E-state index in [0.29, 0.717) is 47.3 Å². The van der Waals surface area contributed by atoms with Crippen LogP contribution in [0.2, 0.25) is 0 Å². The largest absolute Gasteiger partial charge is 0.416 e. The van der Waals surface area contributed by atoms with E-state index in [-0.39, 0.29) is 18.4 Å². The summed E-state index contributed by atoms with van der Waals surface area (Å²) in [5.41, 5.74) is 1.42. The minimum Gasteiger partial charge on any atom is -0.338 e. The molecule has 0 aromatic heterocycles. The SMILES string of the molecule is CC1CC(C)CN(C(=O)c2ccc3c(c2)N(Cc2ccc(C(F)(F)F)cc2)C(=O)c2ccccc2S3)C1. The van der Waals surface area contributed by atoms with Crippen molar-refractivity contribution in [1.29, 1.82) is 0 Å². The molecule has 2 atom stereocenters. The van der Waals surface area contributed by atoms with E-state index in [2.05, 4.69) is 13.8 Å². The van der Waals surface area contributed by atoms with Crippen LogP contribution in [0, 0.1) is 11.8 Å². The molecule has 0 spiro atoms. The highest BCUT2D eigenvalue weighted by atomic mass is 32.2. The van der Waals surface area contributed by atoms with Crippen molar-refractivity contribution in [2.24, 2.45) is 11.8 Å². The molecule has 3 aromatic carbocycles. The van der Waals surface area contributed by atoms with Gasteiger partial charge >= 0.3 is 6.18 Å². The summed E-state index contributed by atoms with van der Waals surface area (Å²) in [7, 11) is 0. The smallest absolute Gasteiger partial charge is 0.338 e. The monoisotopic (exact) mass is 524 g/mol. The minimum atomic E-state index is -4.43. The van der Waals surface area contributed by atoms with Crippen molar-refractivity contribution >= 4 is 29.3 Å². The number of carbonyl (C=O) groups excluding carboxylic acids is 2. The summed E-state index contributed by atoms with van der Waals surface area (Å²) in [5, 5.41) is 0. The van der Waals surface area contributed by atoms with E-state index in [4.69, 9.17) is 0 Å². The van der Waals surface area contributed by atoms with Crippen molar-refractivity contribution < 1.29 is 22.8 Å². The van der Waals surface area contributed by atoms with Gasteiger partial charge in [0, 0.05) is 28.4 Å². The zero-order valence-electron chi connectivity index (χ0n) is 20.6. The molecule has 0 radical (unpaired) electrons. The number of halogens is 3. The molecule has 2 unspecified atom stereocenters. The van der Waals surface area contributed by atoms with Crippen molar-refractivity contribution in [3.05, 3.63) is 89.0 Å². The molecule has 3 aromatic rings. The quantitative estimate of drug-likeness (QED) is 0.366. The second-order valence-corrected chi connectivity index (χ2v) is 11.1. The first-order valence-electron chi connectivity index (χ1n) is 12.3. The van der Waals surface area contributed by atoms with Gasteiger partial charge in [-0.15, -0.1) is 0 Å². The maximum absolute atomic E-state index is 13.7. The van der Waals surface area contributed by atoms with Crippen LogP contribution in [0.3, 0.4) is 0 Å². The number of carbonyl (C=O) groups is 2. The lowest BCUT2D eigenvalue weighted by Crippen LogP contribution is -2.42. The number of benzene rings is 3. The number of likely N-dealkylation sites (tertiary alicyclic amines) is 1. The van der Waals surface area contributed by atoms with E-state index in [0.717, 1.165) is 28.3 Å². The predicted molar refractivity (Wildman–Crippen MR) is 138 cm³/mol. The number of nitrogens with zero attached hydrogens (tertiary/aromatic N) is 2. The first-order valence-corrected chi connectivity index (χ1v) is 13.1. The molecule has 37 heavy (non-hydrogen) atoms. The molecule has 1 fully saturated rings. The van der Waals surface area contributed by atoms with Crippen LogP contribution < -0.4 is 4.90 Å². The van der Waals surface area contributed by atoms with Crippen LogP contribution in [0.5, 0.6) is 0 Å². The fourth-order valence-electron chi connectivity index (χ4n) is 5.20. The van der Waals surface area contributed by atoms with Gasteiger partial charge in [-0.1, -0.05) is 49.9 Å². The lowest BCUT2D eigenvalue weighted by Gasteiger charge is -2.35. The van der Waals surface area contributed by atoms with Gasteiger partial charge in [0.05, 0.1) is 23.4 Å². The molecule has 0 bridgehead atoms. The number of amides is 2. The van der Waals surface area contributed by atoms with Crippen molar-refractivity contribution in [2.75, 3.05) is 18.0 Å². The van der Waals surface area contributed by atoms with Gasteiger partial charge in [0.1, 0.15) is 0 Å². The standard InChI is InChI=1S/C29H27F3N2O2S/c1-18-13-19(2)16-33(15-18)27(35)21-9-12-26-24(14-21)34(28(36)23-5-3-4-6-25(23)37-26)17-20-7-10-22(11-8-20)29(30,31)32/h3-12,14,18-19H,13,15-17H2,1-2H3. The number of alkyl halides is 3. The van der Waals surface area contributed by atoms with Crippen LogP contribution >= 0.6 is 11.8 Å². The highest BCUT2D eigenvalue weighted by Crippen LogP contribution is 2.42. The molecular formula is C29H27F3N2O2S. The van der Waals surface area contributed by atoms with Crippen molar-refractivity contribution in [2.45, 2.75) is 42.8 Å². The number of piperidine rings is 1. The van der Waals surface area contributed by atoms with Crippen LogP contribution in [0.15, 0.2) is 76.5 Å². The van der Waals surface area contributed by atoms with Crippen LogP contribution in [-0.4, -0.2) is 29.8 Å². The summed E-state index contributed by atoms with van der Waals surface area (Å²) < 4.78 is 39.2. The third-order valence-corrected chi connectivity index (χ3v) is 8.00. The topological polar surface area (TPSA) is 40.6 Å². The fourth-order valence-corrected chi connectivity index (χ4v) is 6.26. The first-order chi connectivity index (χ1) is 17.6. The molecule has 2 amide bonds. The van der Waals surface area contributed by atoms with Gasteiger partial charge in [0.15, 0.2) is 0 Å². The molecule has 2 aliphatic rings. The number of anilines is 1. The minimum absolute atomic E-state index is 0.0742. The van der Waals surface area contributed by atoms with Gasteiger partial charge in [-0.05, 0) is 66.3 Å². The predicted octanol–water partition coefficient (Wildman–Crippen LogP) is 7.14. The number of fused-ring (bicyclic) bond motifs is 2. The van der Waals surface area contributed by atoms with Crippen molar-refractivity contribution in [1.82, 2.24) is 4.90 Å². The summed E-state index contributed by atoms with van der Waals surface area (Å²) in [6, 6.07) is 17.5. The highest BCUT2D eigenvalue weighted by molar-refractivity contribution is 7.99. The van der Waals surface area contributed by atoms with E-state index in [9.17, 15) is 22.8 Å². The van der Waals surface area contributed by atoms with E-state index in [1.165, 1.54) is 23.9 Å². The van der Waals surface area contributed by atoms with Crippen LogP contribution in [0.25, 0.3) is 0 Å². The second kappa shape index (κ2) is 9.89. The van der Waals surface area contributed by atoms with Crippen molar-refractivity contribution in [3.63, 3.8) is 0 Å². The van der Waals surface area contributed by atoms with E-state index in [1.54, 1.807) is 29.2 Å². The molecule has 2 heterocycles. The molecular weight excluding hydrogens is 497 g/mol. The fraction of sp³-hybridized carbons (Fsp3) is 0.310. The van der Waals surface area contributed by atoms with Gasteiger partial charge in [-0.25, -0.2) is 0 Å². The van der Waals surface area contributed by atoms with Gasteiger partial charge in [0.2, 0.25) is 0 Å². The highest BCUT2D eigenvalue weighted by Gasteiger charge is 2.32. The van der Waals surface area contributed by atoms with E-state index < -0.39 is 11.7 Å². The van der Waals surface area contributed by atoms with Gasteiger partial charge in [-0.2, -0.15) is 13.2 Å². The first kappa shape index (κ1) is 25.4. The molecule has 0 N–H and O–H groups in total. The molecule has 1 saturated heterocycles. The Kier molecular flexibility index (Phi) is 6.79. The Morgan fingerprint density at radius 2 is 1.62 bits per heavy atom. The van der Waals surface area contributed by atoms with E-state index in [1.807, 2.05) is 23.1 Å². The van der Waals surface area contributed by atoms with Crippen molar-refractivity contribution in [3.8, 4) is 0 Å². The zero-order valence-corrected chi connectivity index (χ0v) is 21.4. The molecule has 8 heteroatoms. The third-order valence-electron chi connectivity index (χ3n) is 6.86. The van der Waals surface area contributed by atoms with Crippen LogP contribution in [-0.2, 0) is 12.7 Å². The van der Waals surface area contributed by atoms with E-state index >= 15 is 0 Å². The zero-order chi connectivity index (χ0) is 26.3. The molecule has 4 nitrogen and oxygen atoms in total. The molecule has 0 saturated carbocycles. The lowest BCUT2D eigenvalue weighted by atomic mass is 9.91. The Labute approximate surface area is 218 Å². The maximum atomic E-state index is 13.7. The van der Waals surface area contributed by atoms with Gasteiger partial charge in [0.25, 0.3) is 11.8 Å². The van der Waals surface area contributed by atoms with Gasteiger partial charge in [-0.3, -0.25) is 9.59 Å². The summed E-state index contributed by atoms with van der Waals surface area (Å²) in [6.07, 6.45) is -3.35. The molecule has 0 aliphatic carbocycles. The number of hydrogen-bond donors (Lipinski definition) is 0. The number of rotatable bonds is 3. The summed E-state index contributed by atoms with van der Waals surface area (Å²) in [4.78, 5) is 32.2. The summed E-state index contributed by atoms with van der Waals surface area (Å²) >= 11 is 1.45. The molecule has 2 aliphatic heterocycles. The van der Waals surface area contributed by atoms with Gasteiger partial charge < -0.3 is 9.80 Å². The Morgan fingerprint density at radius 3 is 2.30 bits per heavy atom. The number of hydrogen-bond acceptors (Lipinski definition) is 3. The maximum Gasteiger partial charge on any atom is 0.416 e. The average molecular weight is 525 g/mol. The Balaban J connectivity index is 1.53. The average Bonchev–Trinajstić information content (AvgIpc) is 2.97. The van der Waals surface area contributed by atoms with Crippen LogP contribution in [0.1, 0.15) is 52.1 Å². The second-order valence-electron chi connectivity index (χ2n) is 10.0. The third kappa shape index (κ3) is 5.25. The molecule has 192 valence electrons. The van der Waals surface area contributed by atoms with Crippen LogP contribution in [0.4, 0.5) is 18.9 Å².